The zero-order valence-electron chi connectivity index (χ0n) is 13.1. The molecule has 0 aromatic carbocycles. The van der Waals surface area contributed by atoms with Crippen molar-refractivity contribution in [2.45, 2.75) is 12.5 Å². The number of carbonyl (C=O) groups excluding carboxylic acids is 1. The molecule has 1 aliphatic rings. The highest BCUT2D eigenvalue weighted by Gasteiger charge is 2.32. The van der Waals surface area contributed by atoms with Crippen molar-refractivity contribution in [3.63, 3.8) is 0 Å². The van der Waals surface area contributed by atoms with Crippen LogP contribution in [0.2, 0.25) is 0 Å². The van der Waals surface area contributed by atoms with Gasteiger partial charge in [0.15, 0.2) is 0 Å². The lowest BCUT2D eigenvalue weighted by Crippen LogP contribution is -2.25. The van der Waals surface area contributed by atoms with Gasteiger partial charge in [-0.2, -0.15) is 0 Å². The first kappa shape index (κ1) is 15.4. The Labute approximate surface area is 135 Å². The highest BCUT2D eigenvalue weighted by atomic mass is 16.1. The number of aromatic nitrogens is 2. The van der Waals surface area contributed by atoms with Gasteiger partial charge in [-0.05, 0) is 49.7 Å². The number of primary amides is 1. The molecular formula is C17H21N5O. The predicted octanol–water partition coefficient (Wildman–Crippen LogP) is 1.68. The van der Waals surface area contributed by atoms with Gasteiger partial charge in [-0.25, -0.2) is 0 Å². The van der Waals surface area contributed by atoms with E-state index in [1.54, 1.807) is 18.5 Å². The maximum Gasteiger partial charge on any atom is 0.267 e. The number of rotatable bonds is 5. The van der Waals surface area contributed by atoms with E-state index < -0.39 is 5.91 Å². The number of amides is 1. The largest absolute Gasteiger partial charge is 0.385 e. The van der Waals surface area contributed by atoms with Gasteiger partial charge in [0, 0.05) is 36.9 Å². The van der Waals surface area contributed by atoms with Gasteiger partial charge in [-0.15, -0.1) is 0 Å². The lowest BCUT2D eigenvalue weighted by Gasteiger charge is -2.25. The molecule has 6 nitrogen and oxygen atoms in total. The number of anilines is 1. The van der Waals surface area contributed by atoms with E-state index in [2.05, 4.69) is 33.3 Å². The molecule has 1 aliphatic heterocycles. The van der Waals surface area contributed by atoms with E-state index in [4.69, 9.17) is 5.73 Å². The van der Waals surface area contributed by atoms with E-state index in [-0.39, 0.29) is 5.69 Å². The Morgan fingerprint density at radius 2 is 2.30 bits per heavy atom. The van der Waals surface area contributed by atoms with E-state index in [1.165, 1.54) is 5.56 Å². The third-order valence-electron chi connectivity index (χ3n) is 4.38. The van der Waals surface area contributed by atoms with Crippen molar-refractivity contribution in [2.75, 3.05) is 25.5 Å². The summed E-state index contributed by atoms with van der Waals surface area (Å²) in [5.74, 6) is -0.0307. The van der Waals surface area contributed by atoms with Gasteiger partial charge in [0.1, 0.15) is 5.69 Å². The summed E-state index contributed by atoms with van der Waals surface area (Å²) in [6.45, 7) is 1.89. The van der Waals surface area contributed by atoms with E-state index in [9.17, 15) is 4.79 Å². The van der Waals surface area contributed by atoms with Crippen molar-refractivity contribution < 1.29 is 4.79 Å². The van der Waals surface area contributed by atoms with E-state index in [0.29, 0.717) is 12.0 Å². The number of nitrogens with one attached hydrogen (secondary N) is 1. The van der Waals surface area contributed by atoms with Crippen LogP contribution in [0.4, 0.5) is 5.69 Å². The number of hydrogen-bond acceptors (Lipinski definition) is 5. The van der Waals surface area contributed by atoms with Gasteiger partial charge >= 0.3 is 0 Å². The zero-order chi connectivity index (χ0) is 16.2. The Kier molecular flexibility index (Phi) is 4.52. The Bertz CT molecular complexity index is 676. The van der Waals surface area contributed by atoms with E-state index in [0.717, 1.165) is 25.2 Å². The van der Waals surface area contributed by atoms with Gasteiger partial charge in [0.05, 0.1) is 0 Å². The molecule has 3 rings (SSSR count). The van der Waals surface area contributed by atoms with E-state index in [1.807, 2.05) is 18.3 Å². The smallest absolute Gasteiger partial charge is 0.267 e. The first-order valence-electron chi connectivity index (χ1n) is 7.75. The molecule has 2 aromatic rings. The third kappa shape index (κ3) is 3.48. The molecule has 0 bridgehead atoms. The molecule has 0 spiro atoms. The second kappa shape index (κ2) is 6.75. The molecule has 0 aliphatic carbocycles. The minimum atomic E-state index is -0.512. The molecule has 23 heavy (non-hydrogen) atoms. The summed E-state index contributed by atoms with van der Waals surface area (Å²) < 4.78 is 0. The van der Waals surface area contributed by atoms with Crippen LogP contribution in [0.1, 0.15) is 28.5 Å². The van der Waals surface area contributed by atoms with Crippen molar-refractivity contribution in [2.24, 2.45) is 11.7 Å². The van der Waals surface area contributed by atoms with Gasteiger partial charge in [0.2, 0.25) is 0 Å². The van der Waals surface area contributed by atoms with Crippen LogP contribution in [0.3, 0.4) is 0 Å². The Hall–Kier alpha value is -2.47. The van der Waals surface area contributed by atoms with Gasteiger partial charge < -0.3 is 11.1 Å². The highest BCUT2D eigenvalue weighted by molar-refractivity contribution is 5.91. The molecule has 1 saturated heterocycles. The van der Waals surface area contributed by atoms with Crippen LogP contribution in [-0.4, -0.2) is 40.9 Å². The molecule has 6 heteroatoms. The number of nitrogens with zero attached hydrogens (tertiary/aromatic N) is 3. The molecule has 2 aromatic heterocycles. The quantitative estimate of drug-likeness (QED) is 0.877. The van der Waals surface area contributed by atoms with Gasteiger partial charge in [0.25, 0.3) is 5.91 Å². The molecule has 120 valence electrons. The lowest BCUT2D eigenvalue weighted by molar-refractivity contribution is 0.0995. The zero-order valence-corrected chi connectivity index (χ0v) is 13.1. The van der Waals surface area contributed by atoms with Crippen LogP contribution < -0.4 is 11.1 Å². The van der Waals surface area contributed by atoms with Crippen molar-refractivity contribution in [3.8, 4) is 0 Å². The summed E-state index contributed by atoms with van der Waals surface area (Å²) >= 11 is 0. The van der Waals surface area contributed by atoms with E-state index >= 15 is 0 Å². The summed E-state index contributed by atoms with van der Waals surface area (Å²) in [6.07, 6.45) is 6.46. The van der Waals surface area contributed by atoms with Crippen molar-refractivity contribution in [3.05, 3.63) is 54.1 Å². The Morgan fingerprint density at radius 3 is 3.04 bits per heavy atom. The molecular weight excluding hydrogens is 290 g/mol. The molecule has 0 radical (unpaired) electrons. The number of nitrogens with two attached hydrogens (primary N) is 1. The molecule has 3 heterocycles. The molecule has 3 N–H and O–H groups in total. The molecule has 1 amide bonds. The minimum Gasteiger partial charge on any atom is -0.385 e. The van der Waals surface area contributed by atoms with Crippen molar-refractivity contribution >= 4 is 11.6 Å². The van der Waals surface area contributed by atoms with Crippen LogP contribution in [0.25, 0.3) is 0 Å². The van der Waals surface area contributed by atoms with Crippen molar-refractivity contribution in [1.29, 1.82) is 0 Å². The minimum absolute atomic E-state index is 0.280. The second-order valence-corrected chi connectivity index (χ2v) is 5.94. The fourth-order valence-electron chi connectivity index (χ4n) is 3.24. The number of likely N-dealkylation sites (tertiary alicyclic amines) is 1. The van der Waals surface area contributed by atoms with Crippen LogP contribution in [0.15, 0.2) is 42.9 Å². The molecule has 1 fully saturated rings. The average Bonchev–Trinajstić information content (AvgIpc) is 2.94. The average molecular weight is 311 g/mol. The van der Waals surface area contributed by atoms with Crippen LogP contribution in [0.5, 0.6) is 0 Å². The van der Waals surface area contributed by atoms with Gasteiger partial charge in [-0.1, -0.05) is 6.07 Å². The Balaban J connectivity index is 1.70. The molecule has 0 unspecified atom stereocenters. The summed E-state index contributed by atoms with van der Waals surface area (Å²) in [5.41, 5.74) is 7.67. The first-order valence-corrected chi connectivity index (χ1v) is 7.75. The standard InChI is InChI=1S/C17H21N5O/c1-22-8-5-13(16(22)12-3-2-6-19-10-12)11-21-14-4-7-20-15(9-14)17(18)23/h2-4,6-7,9-10,13,16H,5,8,11H2,1H3,(H2,18,23)(H,20,21)/t13-,16-/m0/s1. The van der Waals surface area contributed by atoms with Crippen molar-refractivity contribution in [1.82, 2.24) is 14.9 Å². The monoisotopic (exact) mass is 311 g/mol. The lowest BCUT2D eigenvalue weighted by atomic mass is 9.94. The normalized spacial score (nSPS) is 21.3. The van der Waals surface area contributed by atoms with Gasteiger partial charge in [-0.3, -0.25) is 19.7 Å². The summed E-state index contributed by atoms with van der Waals surface area (Å²) in [5, 5.41) is 3.41. The Morgan fingerprint density at radius 1 is 1.43 bits per heavy atom. The second-order valence-electron chi connectivity index (χ2n) is 5.94. The van der Waals surface area contributed by atoms with Crippen LogP contribution in [0, 0.1) is 5.92 Å². The summed E-state index contributed by atoms with van der Waals surface area (Å²) in [6, 6.07) is 8.01. The van der Waals surface area contributed by atoms with Crippen LogP contribution >= 0.6 is 0 Å². The third-order valence-corrected chi connectivity index (χ3v) is 4.38. The number of pyridine rings is 2. The predicted molar refractivity (Wildman–Crippen MR) is 89.0 cm³/mol. The van der Waals surface area contributed by atoms with Crippen LogP contribution in [-0.2, 0) is 0 Å². The maximum atomic E-state index is 11.2. The fraction of sp³-hybridized carbons (Fsp3) is 0.353. The fourth-order valence-corrected chi connectivity index (χ4v) is 3.24. The number of carbonyl (C=O) groups is 1. The summed E-state index contributed by atoms with van der Waals surface area (Å²) in [7, 11) is 2.15. The summed E-state index contributed by atoms with van der Waals surface area (Å²) in [4.78, 5) is 21.8. The topological polar surface area (TPSA) is 84.1 Å². The molecule has 0 saturated carbocycles. The SMILES string of the molecule is CN1CC[C@@H](CNc2ccnc(C(N)=O)c2)[C@@H]1c1cccnc1. The first-order chi connectivity index (χ1) is 11.1. The number of hydrogen-bond donors (Lipinski definition) is 2. The molecule has 2 atom stereocenters. The highest BCUT2D eigenvalue weighted by Crippen LogP contribution is 2.35. The maximum absolute atomic E-state index is 11.2.